The number of anilines is 1. The van der Waals surface area contributed by atoms with Crippen molar-refractivity contribution in [3.05, 3.63) is 29.8 Å². The summed E-state index contributed by atoms with van der Waals surface area (Å²) >= 11 is 0. The van der Waals surface area contributed by atoms with Crippen LogP contribution in [0.2, 0.25) is 0 Å². The molecule has 0 aromatic heterocycles. The van der Waals surface area contributed by atoms with E-state index in [1.165, 1.54) is 6.92 Å². The molecule has 112 valence electrons. The molecule has 6 heteroatoms. The first-order valence-corrected chi connectivity index (χ1v) is 6.75. The molecular weight excluding hydrogens is 272 g/mol. The molecule has 21 heavy (non-hydrogen) atoms. The number of hydrogen-bond donors (Lipinski definition) is 1. The lowest BCUT2D eigenvalue weighted by molar-refractivity contribution is -0.157. The van der Waals surface area contributed by atoms with Gasteiger partial charge in [0.05, 0.1) is 6.42 Å². The zero-order valence-electron chi connectivity index (χ0n) is 12.1. The second kappa shape index (κ2) is 6.49. The van der Waals surface area contributed by atoms with Crippen molar-refractivity contribution in [1.29, 1.82) is 0 Å². The van der Waals surface area contributed by atoms with Crippen LogP contribution < -0.4 is 5.32 Å². The second-order valence-corrected chi connectivity index (χ2v) is 5.05. The molecule has 1 aromatic rings. The first-order valence-electron chi connectivity index (χ1n) is 6.75. The maximum atomic E-state index is 12.0. The summed E-state index contributed by atoms with van der Waals surface area (Å²) in [6.45, 7) is 2.47. The lowest BCUT2D eigenvalue weighted by atomic mass is 10.1. The van der Waals surface area contributed by atoms with Crippen molar-refractivity contribution in [3.8, 4) is 0 Å². The first kappa shape index (κ1) is 15.2. The van der Waals surface area contributed by atoms with E-state index in [9.17, 15) is 14.4 Å². The molecule has 1 atom stereocenters. The van der Waals surface area contributed by atoms with E-state index in [1.807, 2.05) is 4.90 Å². The number of nitrogens with zero attached hydrogens (tertiary/aromatic N) is 1. The van der Waals surface area contributed by atoms with Crippen LogP contribution in [0.5, 0.6) is 0 Å². The van der Waals surface area contributed by atoms with Crippen LogP contribution in [0, 0.1) is 0 Å². The summed E-state index contributed by atoms with van der Waals surface area (Å²) in [5, 5.41) is 2.71. The highest BCUT2D eigenvalue weighted by Crippen LogP contribution is 2.13. The van der Waals surface area contributed by atoms with Gasteiger partial charge in [0.2, 0.25) is 5.91 Å². The van der Waals surface area contributed by atoms with Crippen LogP contribution in [-0.4, -0.2) is 48.8 Å². The summed E-state index contributed by atoms with van der Waals surface area (Å²) in [5.41, 5.74) is 1.18. The van der Waals surface area contributed by atoms with Crippen molar-refractivity contribution in [2.24, 2.45) is 0 Å². The summed E-state index contributed by atoms with van der Waals surface area (Å²) in [4.78, 5) is 36.6. The van der Waals surface area contributed by atoms with Crippen molar-refractivity contribution in [2.75, 3.05) is 25.5 Å². The smallest absolute Gasteiger partial charge is 0.323 e. The standard InChI is InChI=1S/C15H18N2O4/c1-10(18)11-3-5-12(6-4-11)16-14(19)9-13-15(20)21-8-7-17(13)2/h3-6,13H,7-9H2,1-2H3,(H,16,19). The van der Waals surface area contributed by atoms with E-state index in [4.69, 9.17) is 4.74 Å². The number of ether oxygens (including phenoxy) is 1. The molecule has 1 saturated heterocycles. The van der Waals surface area contributed by atoms with Crippen LogP contribution in [0.1, 0.15) is 23.7 Å². The molecule has 0 bridgehead atoms. The van der Waals surface area contributed by atoms with Crippen molar-refractivity contribution < 1.29 is 19.1 Å². The molecule has 1 N–H and O–H groups in total. The Bertz CT molecular complexity index is 553. The van der Waals surface area contributed by atoms with Gasteiger partial charge >= 0.3 is 5.97 Å². The number of carbonyl (C=O) groups excluding carboxylic acids is 3. The van der Waals surface area contributed by atoms with Crippen LogP contribution >= 0.6 is 0 Å². The van der Waals surface area contributed by atoms with Crippen LogP contribution in [0.3, 0.4) is 0 Å². The maximum Gasteiger partial charge on any atom is 0.323 e. The molecule has 0 spiro atoms. The zero-order chi connectivity index (χ0) is 15.4. The fourth-order valence-electron chi connectivity index (χ4n) is 2.14. The fourth-order valence-corrected chi connectivity index (χ4v) is 2.14. The predicted octanol–water partition coefficient (Wildman–Crippen LogP) is 1.07. The molecule has 0 aliphatic carbocycles. The summed E-state index contributed by atoms with van der Waals surface area (Å²) in [7, 11) is 1.79. The van der Waals surface area contributed by atoms with Crippen molar-refractivity contribution in [1.82, 2.24) is 4.90 Å². The normalized spacial score (nSPS) is 19.0. The van der Waals surface area contributed by atoms with Crippen LogP contribution in [0.15, 0.2) is 24.3 Å². The highest BCUT2D eigenvalue weighted by Gasteiger charge is 2.30. The second-order valence-electron chi connectivity index (χ2n) is 5.05. The Balaban J connectivity index is 1.94. The van der Waals surface area contributed by atoms with Crippen LogP contribution in [0.4, 0.5) is 5.69 Å². The van der Waals surface area contributed by atoms with Gasteiger partial charge in [-0.1, -0.05) is 0 Å². The Morgan fingerprint density at radius 3 is 2.57 bits per heavy atom. The fraction of sp³-hybridized carbons (Fsp3) is 0.400. The number of cyclic esters (lactones) is 1. The van der Waals surface area contributed by atoms with Crippen molar-refractivity contribution >= 4 is 23.3 Å². The predicted molar refractivity (Wildman–Crippen MR) is 77.1 cm³/mol. The molecule has 6 nitrogen and oxygen atoms in total. The third-order valence-corrected chi connectivity index (χ3v) is 3.45. The lowest BCUT2D eigenvalue weighted by Crippen LogP contribution is -2.48. The van der Waals surface area contributed by atoms with Gasteiger partial charge < -0.3 is 10.1 Å². The van der Waals surface area contributed by atoms with E-state index in [1.54, 1.807) is 31.3 Å². The van der Waals surface area contributed by atoms with Gasteiger partial charge in [-0.05, 0) is 38.2 Å². The molecule has 1 amide bonds. The maximum absolute atomic E-state index is 12.0. The van der Waals surface area contributed by atoms with E-state index in [0.29, 0.717) is 24.4 Å². The van der Waals surface area contributed by atoms with Crippen LogP contribution in [-0.2, 0) is 14.3 Å². The zero-order valence-corrected chi connectivity index (χ0v) is 12.1. The molecule has 2 rings (SSSR count). The number of hydrogen-bond acceptors (Lipinski definition) is 5. The lowest BCUT2D eigenvalue weighted by Gasteiger charge is -2.30. The van der Waals surface area contributed by atoms with E-state index >= 15 is 0 Å². The van der Waals surface area contributed by atoms with Gasteiger partial charge in [-0.15, -0.1) is 0 Å². The van der Waals surface area contributed by atoms with Gasteiger partial charge in [0, 0.05) is 17.8 Å². The number of rotatable bonds is 4. The van der Waals surface area contributed by atoms with Gasteiger partial charge in [-0.2, -0.15) is 0 Å². The molecule has 1 aromatic carbocycles. The summed E-state index contributed by atoms with van der Waals surface area (Å²) < 4.78 is 4.96. The molecule has 1 fully saturated rings. The molecule has 0 radical (unpaired) electrons. The average Bonchev–Trinajstić information content (AvgIpc) is 2.43. The number of esters is 1. The number of benzene rings is 1. The topological polar surface area (TPSA) is 75.7 Å². The third-order valence-electron chi connectivity index (χ3n) is 3.45. The van der Waals surface area contributed by atoms with Gasteiger partial charge in [-0.3, -0.25) is 19.3 Å². The highest BCUT2D eigenvalue weighted by molar-refractivity contribution is 5.96. The highest BCUT2D eigenvalue weighted by atomic mass is 16.5. The number of morpholine rings is 1. The number of carbonyl (C=O) groups is 3. The monoisotopic (exact) mass is 290 g/mol. The minimum absolute atomic E-state index is 0.0283. The Hall–Kier alpha value is -2.21. The quantitative estimate of drug-likeness (QED) is 0.663. The SMILES string of the molecule is CC(=O)c1ccc(NC(=O)CC2C(=O)OCCN2C)cc1. The van der Waals surface area contributed by atoms with Crippen molar-refractivity contribution in [3.63, 3.8) is 0 Å². The molecule has 1 unspecified atom stereocenters. The molecule has 1 aliphatic heterocycles. The summed E-state index contributed by atoms with van der Waals surface area (Å²) in [6.07, 6.45) is 0.0454. The Labute approximate surface area is 123 Å². The van der Waals surface area contributed by atoms with Gasteiger partial charge in [-0.25, -0.2) is 0 Å². The van der Waals surface area contributed by atoms with Crippen LogP contribution in [0.25, 0.3) is 0 Å². The molecular formula is C15H18N2O4. The van der Waals surface area contributed by atoms with E-state index in [2.05, 4.69) is 5.32 Å². The Morgan fingerprint density at radius 1 is 1.33 bits per heavy atom. The first-order chi connectivity index (χ1) is 9.97. The largest absolute Gasteiger partial charge is 0.463 e. The minimum Gasteiger partial charge on any atom is -0.463 e. The van der Waals surface area contributed by atoms with E-state index in [-0.39, 0.29) is 24.1 Å². The third kappa shape index (κ3) is 3.88. The van der Waals surface area contributed by atoms with Gasteiger partial charge in [0.15, 0.2) is 5.78 Å². The number of nitrogens with one attached hydrogen (secondary N) is 1. The van der Waals surface area contributed by atoms with Crippen molar-refractivity contribution in [2.45, 2.75) is 19.4 Å². The minimum atomic E-state index is -0.546. The number of Topliss-reactive ketones (excluding diaryl/α,β-unsaturated/α-hetero) is 1. The molecule has 1 heterocycles. The van der Waals surface area contributed by atoms with E-state index < -0.39 is 6.04 Å². The Kier molecular flexibility index (Phi) is 4.70. The molecule has 0 saturated carbocycles. The number of amides is 1. The Morgan fingerprint density at radius 2 is 2.00 bits per heavy atom. The summed E-state index contributed by atoms with van der Waals surface area (Å²) in [5.74, 6) is -0.661. The van der Waals surface area contributed by atoms with Gasteiger partial charge in [0.1, 0.15) is 12.6 Å². The average molecular weight is 290 g/mol. The number of likely N-dealkylation sites (N-methyl/N-ethyl adjacent to an activating group) is 1. The molecule has 1 aliphatic rings. The summed E-state index contributed by atoms with van der Waals surface area (Å²) in [6, 6.07) is 6.09. The van der Waals surface area contributed by atoms with E-state index in [0.717, 1.165) is 0 Å². The van der Waals surface area contributed by atoms with Gasteiger partial charge in [0.25, 0.3) is 0 Å². The number of ketones is 1.